The quantitative estimate of drug-likeness (QED) is 0.603. The van der Waals surface area contributed by atoms with Crippen molar-refractivity contribution in [3.05, 3.63) is 48.5 Å². The fourth-order valence-corrected chi connectivity index (χ4v) is 4.16. The third-order valence-electron chi connectivity index (χ3n) is 6.05. The van der Waals surface area contributed by atoms with E-state index in [1.807, 2.05) is 23.1 Å². The smallest absolute Gasteiger partial charge is 0.291 e. The molecule has 0 saturated carbocycles. The standard InChI is InChI=1S/C23H25F2N5O3/c24-23(25)5-7-30(8-6-23)19-13-17(29-9-11-32-12-10-29)1-2-18(19)28-22(31)21-4-3-20(33-21)16-14-26-27-15-16/h1-4,13-15H,5-12H2,(H,26,27)(H,28,31). The molecule has 2 aliphatic heterocycles. The molecule has 8 nitrogen and oxygen atoms in total. The van der Waals surface area contributed by atoms with Gasteiger partial charge in [0.15, 0.2) is 5.76 Å². The number of nitrogens with one attached hydrogen (secondary N) is 2. The summed E-state index contributed by atoms with van der Waals surface area (Å²) in [6.07, 6.45) is 2.85. The lowest BCUT2D eigenvalue weighted by Gasteiger charge is -2.36. The number of H-pyrrole nitrogens is 1. The monoisotopic (exact) mass is 457 g/mol. The van der Waals surface area contributed by atoms with Crippen LogP contribution in [0.25, 0.3) is 11.3 Å². The highest BCUT2D eigenvalue weighted by molar-refractivity contribution is 6.04. The maximum atomic E-state index is 13.8. The second kappa shape index (κ2) is 8.86. The number of anilines is 3. The zero-order valence-corrected chi connectivity index (χ0v) is 18.0. The summed E-state index contributed by atoms with van der Waals surface area (Å²) in [7, 11) is 0. The molecule has 2 saturated heterocycles. The Labute approximate surface area is 189 Å². The van der Waals surface area contributed by atoms with Crippen LogP contribution < -0.4 is 15.1 Å². The highest BCUT2D eigenvalue weighted by Gasteiger charge is 2.35. The first-order valence-corrected chi connectivity index (χ1v) is 11.0. The van der Waals surface area contributed by atoms with Gasteiger partial charge in [0.05, 0.1) is 36.3 Å². The molecule has 2 aliphatic rings. The first-order chi connectivity index (χ1) is 16.0. The Morgan fingerprint density at radius 1 is 1.06 bits per heavy atom. The summed E-state index contributed by atoms with van der Waals surface area (Å²) < 4.78 is 38.7. The van der Waals surface area contributed by atoms with E-state index in [2.05, 4.69) is 20.4 Å². The average molecular weight is 457 g/mol. The van der Waals surface area contributed by atoms with Crippen LogP contribution in [0.15, 0.2) is 47.1 Å². The van der Waals surface area contributed by atoms with E-state index in [1.54, 1.807) is 24.5 Å². The fraction of sp³-hybridized carbons (Fsp3) is 0.391. The summed E-state index contributed by atoms with van der Waals surface area (Å²) in [5, 5.41) is 9.50. The Bertz CT molecular complexity index is 1100. The number of benzene rings is 1. The molecule has 5 rings (SSSR count). The van der Waals surface area contributed by atoms with Gasteiger partial charge in [0, 0.05) is 50.9 Å². The van der Waals surface area contributed by atoms with E-state index in [4.69, 9.17) is 9.15 Å². The Balaban J connectivity index is 1.40. The number of hydrogen-bond donors (Lipinski definition) is 2. The number of rotatable bonds is 5. The maximum absolute atomic E-state index is 13.8. The predicted molar refractivity (Wildman–Crippen MR) is 120 cm³/mol. The molecule has 2 aromatic heterocycles. The second-order valence-electron chi connectivity index (χ2n) is 8.25. The molecule has 0 spiro atoms. The van der Waals surface area contributed by atoms with E-state index in [9.17, 15) is 13.6 Å². The lowest BCUT2D eigenvalue weighted by molar-refractivity contribution is -0.0220. The highest BCUT2D eigenvalue weighted by Crippen LogP contribution is 2.37. The van der Waals surface area contributed by atoms with Crippen molar-refractivity contribution >= 4 is 23.0 Å². The Kier molecular flexibility index (Phi) is 5.76. The third kappa shape index (κ3) is 4.70. The van der Waals surface area contributed by atoms with Crippen molar-refractivity contribution in [2.75, 3.05) is 54.5 Å². The molecule has 0 aliphatic carbocycles. The van der Waals surface area contributed by atoms with Crippen molar-refractivity contribution in [2.24, 2.45) is 0 Å². The second-order valence-corrected chi connectivity index (χ2v) is 8.25. The molecule has 0 bridgehead atoms. The fourth-order valence-electron chi connectivity index (χ4n) is 4.16. The van der Waals surface area contributed by atoms with Gasteiger partial charge >= 0.3 is 0 Å². The van der Waals surface area contributed by atoms with Gasteiger partial charge in [-0.05, 0) is 30.3 Å². The van der Waals surface area contributed by atoms with E-state index < -0.39 is 11.8 Å². The summed E-state index contributed by atoms with van der Waals surface area (Å²) in [4.78, 5) is 17.0. The Morgan fingerprint density at radius 2 is 1.85 bits per heavy atom. The topological polar surface area (TPSA) is 86.6 Å². The van der Waals surface area contributed by atoms with Crippen LogP contribution in [0.3, 0.4) is 0 Å². The molecule has 3 aromatic rings. The average Bonchev–Trinajstić information content (AvgIpc) is 3.52. The number of furan rings is 1. The van der Waals surface area contributed by atoms with Crippen molar-refractivity contribution in [3.8, 4) is 11.3 Å². The summed E-state index contributed by atoms with van der Waals surface area (Å²) in [5.74, 6) is -2.39. The minimum atomic E-state index is -2.65. The molecule has 1 aromatic carbocycles. The molecule has 0 atom stereocenters. The van der Waals surface area contributed by atoms with Crippen molar-refractivity contribution in [2.45, 2.75) is 18.8 Å². The molecule has 2 fully saturated rings. The van der Waals surface area contributed by atoms with E-state index in [0.717, 1.165) is 30.0 Å². The predicted octanol–water partition coefficient (Wildman–Crippen LogP) is 3.99. The Morgan fingerprint density at radius 3 is 2.58 bits per heavy atom. The number of morpholine rings is 1. The number of aromatic amines is 1. The van der Waals surface area contributed by atoms with E-state index in [-0.39, 0.29) is 31.7 Å². The van der Waals surface area contributed by atoms with Crippen molar-refractivity contribution in [1.82, 2.24) is 10.2 Å². The van der Waals surface area contributed by atoms with E-state index >= 15 is 0 Å². The molecule has 0 unspecified atom stereocenters. The first kappa shape index (κ1) is 21.4. The molecular weight excluding hydrogens is 432 g/mol. The van der Waals surface area contributed by atoms with Crippen LogP contribution in [0.5, 0.6) is 0 Å². The largest absolute Gasteiger partial charge is 0.451 e. The van der Waals surface area contributed by atoms with E-state index in [1.165, 1.54) is 0 Å². The molecule has 174 valence electrons. The third-order valence-corrected chi connectivity index (χ3v) is 6.05. The van der Waals surface area contributed by atoms with Gasteiger partial charge in [-0.3, -0.25) is 9.89 Å². The highest BCUT2D eigenvalue weighted by atomic mass is 19.3. The van der Waals surface area contributed by atoms with Crippen LogP contribution in [0.4, 0.5) is 25.8 Å². The van der Waals surface area contributed by atoms with E-state index in [0.29, 0.717) is 24.7 Å². The van der Waals surface area contributed by atoms with Crippen molar-refractivity contribution in [1.29, 1.82) is 0 Å². The molecule has 2 N–H and O–H groups in total. The normalized spacial score (nSPS) is 18.4. The zero-order valence-electron chi connectivity index (χ0n) is 18.0. The molecule has 33 heavy (non-hydrogen) atoms. The number of aromatic nitrogens is 2. The lowest BCUT2D eigenvalue weighted by Crippen LogP contribution is -2.40. The number of nitrogens with zero attached hydrogens (tertiary/aromatic N) is 3. The number of hydrogen-bond acceptors (Lipinski definition) is 6. The SMILES string of the molecule is O=C(Nc1ccc(N2CCOCC2)cc1N1CCC(F)(F)CC1)c1ccc(-c2cn[nH]c2)o1. The molecular formula is C23H25F2N5O3. The van der Waals surface area contributed by atoms with Crippen molar-refractivity contribution < 1.29 is 22.7 Å². The number of piperidine rings is 1. The number of halogens is 2. The van der Waals surface area contributed by atoms with Gasteiger partial charge in [0.1, 0.15) is 5.76 Å². The molecule has 0 radical (unpaired) electrons. The zero-order chi connectivity index (χ0) is 22.8. The number of alkyl halides is 2. The van der Waals surface area contributed by atoms with Crippen LogP contribution in [0.2, 0.25) is 0 Å². The van der Waals surface area contributed by atoms with Gasteiger partial charge in [0.2, 0.25) is 0 Å². The number of ether oxygens (including phenoxy) is 1. The van der Waals surface area contributed by atoms with Crippen molar-refractivity contribution in [3.63, 3.8) is 0 Å². The number of carbonyl (C=O) groups is 1. The first-order valence-electron chi connectivity index (χ1n) is 11.0. The minimum Gasteiger partial charge on any atom is -0.451 e. The summed E-state index contributed by atoms with van der Waals surface area (Å²) in [6.45, 7) is 3.23. The minimum absolute atomic E-state index is 0.152. The van der Waals surface area contributed by atoms with Crippen LogP contribution in [-0.2, 0) is 4.74 Å². The van der Waals surface area contributed by atoms with Gasteiger partial charge in [-0.15, -0.1) is 0 Å². The maximum Gasteiger partial charge on any atom is 0.291 e. The summed E-state index contributed by atoms with van der Waals surface area (Å²) in [6, 6.07) is 9.02. The summed E-state index contributed by atoms with van der Waals surface area (Å²) in [5.41, 5.74) is 3.00. The molecule has 10 heteroatoms. The Hall–Kier alpha value is -3.40. The van der Waals surface area contributed by atoms with Crippen LogP contribution in [-0.4, -0.2) is 61.4 Å². The van der Waals surface area contributed by atoms with Gasteiger partial charge in [0.25, 0.3) is 11.8 Å². The van der Waals surface area contributed by atoms with Gasteiger partial charge in [-0.2, -0.15) is 5.10 Å². The number of carbonyl (C=O) groups excluding carboxylic acids is 1. The van der Waals surface area contributed by atoms with Crippen LogP contribution in [0, 0.1) is 0 Å². The van der Waals surface area contributed by atoms with Crippen LogP contribution >= 0.6 is 0 Å². The number of amides is 1. The summed E-state index contributed by atoms with van der Waals surface area (Å²) >= 11 is 0. The molecule has 1 amide bonds. The lowest BCUT2D eigenvalue weighted by atomic mass is 10.0. The van der Waals surface area contributed by atoms with Crippen LogP contribution in [0.1, 0.15) is 23.4 Å². The van der Waals surface area contributed by atoms with Gasteiger partial charge < -0.3 is 24.3 Å². The molecule has 4 heterocycles. The van der Waals surface area contributed by atoms with Gasteiger partial charge in [-0.1, -0.05) is 0 Å². The van der Waals surface area contributed by atoms with Gasteiger partial charge in [-0.25, -0.2) is 8.78 Å².